The highest BCUT2D eigenvalue weighted by Gasteiger charge is 2.46. The molecule has 0 amide bonds. The van der Waals surface area contributed by atoms with Gasteiger partial charge < -0.3 is 18.5 Å². The first-order chi connectivity index (χ1) is 25.4. The summed E-state index contributed by atoms with van der Waals surface area (Å²) in [6, 6.07) is 46.3. The molecule has 0 saturated carbocycles. The van der Waals surface area contributed by atoms with Crippen molar-refractivity contribution in [3.63, 3.8) is 0 Å². The summed E-state index contributed by atoms with van der Waals surface area (Å²) in [6.45, 7) is 8.05. The maximum absolute atomic E-state index is 15.0. The van der Waals surface area contributed by atoms with E-state index >= 15 is 9.13 Å². The molecule has 0 radical (unpaired) electrons. The molecular weight excluding hydrogens is 686 g/mol. The largest absolute Gasteiger partial charge is 0.437 e. The Hall–Kier alpha value is -5.22. The lowest BCUT2D eigenvalue weighted by atomic mass is 10.0. The number of para-hydroxylation sites is 2. The van der Waals surface area contributed by atoms with Crippen molar-refractivity contribution in [3.05, 3.63) is 182 Å². The molecule has 2 aliphatic rings. The third-order valence-corrected chi connectivity index (χ3v) is 14.6. The number of benzene rings is 6. The number of hydrogen-bond acceptors (Lipinski definition) is 6. The first kappa shape index (κ1) is 33.9. The fraction of sp³-hybridized carbons (Fsp3) is 0.0909. The Morgan fingerprint density at radius 2 is 0.827 bits per heavy atom. The quantitative estimate of drug-likeness (QED) is 0.0979. The Kier molecular flexibility index (Phi) is 9.17. The van der Waals surface area contributed by atoms with Gasteiger partial charge in [0.25, 0.3) is 0 Å². The summed E-state index contributed by atoms with van der Waals surface area (Å²) in [7, 11) is -7.21. The van der Waals surface area contributed by atoms with E-state index in [0.717, 1.165) is 44.5 Å². The number of rotatable bonds is 11. The van der Waals surface area contributed by atoms with Crippen molar-refractivity contribution in [3.8, 4) is 44.9 Å². The highest BCUT2D eigenvalue weighted by atomic mass is 31.2. The predicted molar refractivity (Wildman–Crippen MR) is 209 cm³/mol. The number of hydrogen-bond donors (Lipinski definition) is 0. The van der Waals surface area contributed by atoms with Crippen molar-refractivity contribution in [1.82, 2.24) is 0 Å². The zero-order valence-corrected chi connectivity index (χ0v) is 30.1. The van der Waals surface area contributed by atoms with Crippen LogP contribution in [0.1, 0.15) is 22.8 Å². The minimum absolute atomic E-state index is 0.198. The molecule has 0 bridgehead atoms. The van der Waals surface area contributed by atoms with Crippen LogP contribution in [0, 0.1) is 0 Å². The second kappa shape index (κ2) is 14.1. The SMILES string of the molecule is C=CCOC(c1ccc(-c2ccc(C(OCC=C)P3(=O)Oc4ccccc4-c4ccccc43)cc2)cc1)P1(=O)Oc2ccccc2-c2ccccc21. The minimum Gasteiger partial charge on any atom is -0.437 e. The van der Waals surface area contributed by atoms with E-state index in [2.05, 4.69) is 13.2 Å². The van der Waals surface area contributed by atoms with Crippen LogP contribution in [-0.4, -0.2) is 13.2 Å². The fourth-order valence-corrected chi connectivity index (χ4v) is 12.1. The van der Waals surface area contributed by atoms with E-state index < -0.39 is 26.4 Å². The van der Waals surface area contributed by atoms with Crippen LogP contribution in [0.5, 0.6) is 11.5 Å². The van der Waals surface area contributed by atoms with Gasteiger partial charge in [0, 0.05) is 11.1 Å². The molecule has 0 aliphatic carbocycles. The van der Waals surface area contributed by atoms with Gasteiger partial charge in [0.05, 0.1) is 23.8 Å². The van der Waals surface area contributed by atoms with Crippen molar-refractivity contribution in [2.75, 3.05) is 13.2 Å². The molecule has 6 nitrogen and oxygen atoms in total. The molecule has 52 heavy (non-hydrogen) atoms. The summed E-state index contributed by atoms with van der Waals surface area (Å²) >= 11 is 0. The number of ether oxygens (including phenoxy) is 2. The highest BCUT2D eigenvalue weighted by molar-refractivity contribution is 7.68. The van der Waals surface area contributed by atoms with Gasteiger partial charge in [0.1, 0.15) is 11.5 Å². The molecule has 0 fully saturated rings. The zero-order valence-electron chi connectivity index (χ0n) is 28.3. The van der Waals surface area contributed by atoms with E-state index in [-0.39, 0.29) is 13.2 Å². The number of fused-ring (bicyclic) bond motifs is 6. The van der Waals surface area contributed by atoms with Crippen LogP contribution in [0.3, 0.4) is 0 Å². The van der Waals surface area contributed by atoms with Crippen LogP contribution in [0.2, 0.25) is 0 Å². The van der Waals surface area contributed by atoms with Gasteiger partial charge in [-0.25, -0.2) is 0 Å². The Morgan fingerprint density at radius 3 is 1.21 bits per heavy atom. The van der Waals surface area contributed by atoms with Crippen molar-refractivity contribution in [2.45, 2.75) is 11.7 Å². The Labute approximate surface area is 303 Å². The van der Waals surface area contributed by atoms with E-state index in [1.807, 2.05) is 146 Å². The van der Waals surface area contributed by atoms with Gasteiger partial charge in [0.2, 0.25) is 0 Å². The van der Waals surface area contributed by atoms with E-state index in [0.29, 0.717) is 22.1 Å². The molecule has 4 atom stereocenters. The van der Waals surface area contributed by atoms with Crippen molar-refractivity contribution >= 4 is 25.3 Å². The fourth-order valence-electron chi connectivity index (χ4n) is 7.00. The third-order valence-electron chi connectivity index (χ3n) is 9.39. The van der Waals surface area contributed by atoms with Gasteiger partial charge in [0.15, 0.2) is 11.7 Å². The van der Waals surface area contributed by atoms with Crippen LogP contribution >= 0.6 is 14.7 Å². The lowest BCUT2D eigenvalue weighted by molar-refractivity contribution is 0.124. The molecule has 0 N–H and O–H groups in total. The van der Waals surface area contributed by atoms with E-state index in [9.17, 15) is 0 Å². The Morgan fingerprint density at radius 1 is 0.481 bits per heavy atom. The maximum Gasteiger partial charge on any atom is 0.310 e. The van der Waals surface area contributed by atoms with E-state index in [1.165, 1.54) is 0 Å². The molecule has 4 unspecified atom stereocenters. The maximum atomic E-state index is 15.0. The summed E-state index contributed by atoms with van der Waals surface area (Å²) < 4.78 is 55.3. The van der Waals surface area contributed by atoms with Gasteiger partial charge in [-0.05, 0) is 57.6 Å². The van der Waals surface area contributed by atoms with Crippen molar-refractivity contribution in [1.29, 1.82) is 0 Å². The molecular formula is C44H36O6P2. The van der Waals surface area contributed by atoms with Gasteiger partial charge in [-0.2, -0.15) is 0 Å². The molecule has 6 aromatic carbocycles. The van der Waals surface area contributed by atoms with Crippen molar-refractivity contribution < 1.29 is 27.7 Å². The standard InChI is InChI=1S/C44H36O6P2/c1-3-29-47-43(51(45)41-19-11-7-15-37(41)35-13-5-9-17-39(35)49-51)33-25-21-31(22-26-33)32-23-27-34(28-24-32)44(48-30-4-2)52(46)42-20-12-8-16-38(42)36-14-6-10-18-40(36)50-52/h3-28,43-44H,1-2,29-30H2. The smallest absolute Gasteiger partial charge is 0.310 e. The lowest BCUT2D eigenvalue weighted by Crippen LogP contribution is -2.23. The van der Waals surface area contributed by atoms with E-state index in [1.54, 1.807) is 12.2 Å². The second-order valence-corrected chi connectivity index (χ2v) is 17.3. The predicted octanol–water partition coefficient (Wildman–Crippen LogP) is 11.1. The summed E-state index contributed by atoms with van der Waals surface area (Å²) in [5.74, 6) is -0.588. The van der Waals surface area contributed by atoms with Gasteiger partial charge in [-0.1, -0.05) is 133 Å². The Bertz CT molecular complexity index is 2220. The molecule has 0 saturated heterocycles. The van der Waals surface area contributed by atoms with Gasteiger partial charge >= 0.3 is 14.7 Å². The normalized spacial score (nSPS) is 19.3. The summed E-state index contributed by atoms with van der Waals surface area (Å²) in [6.07, 6.45) is 3.30. The van der Waals surface area contributed by atoms with Crippen LogP contribution < -0.4 is 19.7 Å². The third kappa shape index (κ3) is 5.88. The van der Waals surface area contributed by atoms with Gasteiger partial charge in [-0.3, -0.25) is 9.13 Å². The van der Waals surface area contributed by atoms with Crippen molar-refractivity contribution in [2.24, 2.45) is 0 Å². The molecule has 258 valence electrons. The summed E-state index contributed by atoms with van der Waals surface area (Å²) in [5.41, 5.74) is 6.88. The molecule has 8 heteroatoms. The molecule has 8 rings (SSSR count). The summed E-state index contributed by atoms with van der Waals surface area (Å²) in [5, 5.41) is 1.25. The summed E-state index contributed by atoms with van der Waals surface area (Å²) in [4.78, 5) is 0. The second-order valence-electron chi connectivity index (χ2n) is 12.6. The minimum atomic E-state index is -3.60. The Balaban J connectivity index is 1.11. The monoisotopic (exact) mass is 722 g/mol. The highest BCUT2D eigenvalue weighted by Crippen LogP contribution is 2.65. The average Bonchev–Trinajstić information content (AvgIpc) is 3.19. The van der Waals surface area contributed by atoms with Crippen LogP contribution in [0.25, 0.3) is 33.4 Å². The molecule has 6 aromatic rings. The molecule has 0 aromatic heterocycles. The van der Waals surface area contributed by atoms with Crippen LogP contribution in [0.15, 0.2) is 171 Å². The molecule has 2 aliphatic heterocycles. The van der Waals surface area contributed by atoms with Gasteiger partial charge in [-0.15, -0.1) is 13.2 Å². The van der Waals surface area contributed by atoms with Crippen LogP contribution in [0.4, 0.5) is 0 Å². The first-order valence-corrected chi connectivity index (χ1v) is 20.5. The topological polar surface area (TPSA) is 71.1 Å². The zero-order chi connectivity index (χ0) is 35.7. The van der Waals surface area contributed by atoms with Crippen LogP contribution in [-0.2, 0) is 18.6 Å². The first-order valence-electron chi connectivity index (χ1n) is 17.1. The lowest BCUT2D eigenvalue weighted by Gasteiger charge is -2.34. The molecule has 0 spiro atoms. The average molecular weight is 723 g/mol. The molecule has 2 heterocycles. The van der Waals surface area contributed by atoms with E-state index in [4.69, 9.17) is 18.5 Å².